The number of para-hydroxylation sites is 4. The van der Waals surface area contributed by atoms with Gasteiger partial charge in [-0.2, -0.15) is 0 Å². The van der Waals surface area contributed by atoms with Crippen molar-refractivity contribution in [3.63, 3.8) is 0 Å². The minimum atomic E-state index is -4.59. The van der Waals surface area contributed by atoms with Gasteiger partial charge in [-0.15, -0.1) is 0 Å². The van der Waals surface area contributed by atoms with Crippen molar-refractivity contribution in [1.29, 1.82) is 0 Å². The van der Waals surface area contributed by atoms with E-state index >= 15 is 0 Å². The predicted octanol–water partition coefficient (Wildman–Crippen LogP) is 9.41. The Morgan fingerprint density at radius 2 is 0.816 bits per heavy atom. The second-order valence-electron chi connectivity index (χ2n) is 11.6. The molecule has 4 rings (SSSR count). The van der Waals surface area contributed by atoms with E-state index in [1.54, 1.807) is 60.7 Å². The van der Waals surface area contributed by atoms with Gasteiger partial charge in [0.2, 0.25) is 0 Å². The molecule has 0 unspecified atom stereocenters. The van der Waals surface area contributed by atoms with Crippen LogP contribution >= 0.6 is 0 Å². The van der Waals surface area contributed by atoms with Gasteiger partial charge in [0.05, 0.1) is 9.79 Å². The van der Waals surface area contributed by atoms with Gasteiger partial charge in [0.25, 0.3) is 0 Å². The average molecular weight is 735 g/mol. The van der Waals surface area contributed by atoms with Crippen molar-refractivity contribution >= 4 is 58.0 Å². The average Bonchev–Trinajstić information content (AvgIpc) is 3.06. The summed E-state index contributed by atoms with van der Waals surface area (Å²) in [6.07, 6.45) is 12.5. The van der Waals surface area contributed by atoms with Crippen molar-refractivity contribution in [2.24, 2.45) is 0 Å². The summed E-state index contributed by atoms with van der Waals surface area (Å²) in [4.78, 5) is -0.588. The summed E-state index contributed by atoms with van der Waals surface area (Å²) in [5.74, 6) is 1.35. The zero-order valence-corrected chi connectivity index (χ0v) is 32.4. The first kappa shape index (κ1) is 42.7. The predicted molar refractivity (Wildman–Crippen MR) is 193 cm³/mol. The second-order valence-corrected chi connectivity index (χ2v) is 14.3. The van der Waals surface area contributed by atoms with E-state index in [4.69, 9.17) is 9.47 Å². The van der Waals surface area contributed by atoms with Crippen LogP contribution < -0.4 is 9.47 Å². The van der Waals surface area contributed by atoms with Gasteiger partial charge >= 0.3 is 37.7 Å². The number of ether oxygens (including phenoxy) is 2. The number of rotatable bonds is 18. The zero-order valence-electron chi connectivity index (χ0n) is 28.5. The third-order valence-corrected chi connectivity index (χ3v) is 9.41. The van der Waals surface area contributed by atoms with E-state index in [2.05, 4.69) is 13.8 Å². The molecular formula is C38H46CaO8S2. The number of unbranched alkanes of at least 4 members (excludes halogenated alkanes) is 8. The molecule has 11 heteroatoms. The number of aryl methyl sites for hydroxylation is 2. The molecule has 0 N–H and O–H groups in total. The smallest absolute Gasteiger partial charge is 0.744 e. The molecular weight excluding hydrogens is 689 g/mol. The summed E-state index contributed by atoms with van der Waals surface area (Å²) in [5.41, 5.74) is 1.51. The molecule has 0 amide bonds. The van der Waals surface area contributed by atoms with E-state index in [0.29, 0.717) is 24.3 Å². The van der Waals surface area contributed by atoms with E-state index in [0.717, 1.165) is 49.7 Å². The molecule has 0 aliphatic heterocycles. The van der Waals surface area contributed by atoms with Gasteiger partial charge in [-0.3, -0.25) is 0 Å². The summed E-state index contributed by atoms with van der Waals surface area (Å²) in [7, 11) is -9.18. The molecule has 0 aliphatic rings. The Bertz CT molecular complexity index is 1620. The zero-order chi connectivity index (χ0) is 34.8. The first-order chi connectivity index (χ1) is 23.0. The molecule has 0 atom stereocenters. The van der Waals surface area contributed by atoms with E-state index in [1.165, 1.54) is 37.8 Å². The Morgan fingerprint density at radius 1 is 0.469 bits per heavy atom. The summed E-state index contributed by atoms with van der Waals surface area (Å²) >= 11 is 0. The molecule has 0 aromatic heterocycles. The van der Waals surface area contributed by atoms with Crippen LogP contribution in [0.25, 0.3) is 0 Å². The van der Waals surface area contributed by atoms with Crippen LogP contribution in [0.2, 0.25) is 0 Å². The fourth-order valence-corrected chi connectivity index (χ4v) is 6.48. The minimum absolute atomic E-state index is 0. The molecule has 4 aromatic rings. The second kappa shape index (κ2) is 22.4. The van der Waals surface area contributed by atoms with Gasteiger partial charge in [-0.05, 0) is 73.2 Å². The molecule has 0 heterocycles. The van der Waals surface area contributed by atoms with E-state index in [-0.39, 0.29) is 59.0 Å². The molecule has 0 aliphatic carbocycles. The largest absolute Gasteiger partial charge is 2.00 e. The van der Waals surface area contributed by atoms with E-state index < -0.39 is 20.2 Å². The van der Waals surface area contributed by atoms with Crippen LogP contribution in [0, 0.1) is 0 Å². The summed E-state index contributed by atoms with van der Waals surface area (Å²) in [5, 5.41) is 0. The van der Waals surface area contributed by atoms with Crippen molar-refractivity contribution in [3.05, 3.63) is 108 Å². The van der Waals surface area contributed by atoms with E-state index in [9.17, 15) is 25.9 Å². The molecule has 0 bridgehead atoms. The number of benzene rings is 4. The first-order valence-electron chi connectivity index (χ1n) is 16.7. The van der Waals surface area contributed by atoms with Crippen LogP contribution in [-0.4, -0.2) is 63.7 Å². The van der Waals surface area contributed by atoms with Crippen molar-refractivity contribution in [1.82, 2.24) is 0 Å². The SMILES string of the molecule is CCCCCCCc1cccc(S(=O)(=O)[O-])c1Oc1ccccc1.CCCCCCCc1cccc(S(=O)(=O)[O-])c1Oc1ccccc1.[Ca+2]. The van der Waals surface area contributed by atoms with Crippen LogP contribution in [0.4, 0.5) is 0 Å². The van der Waals surface area contributed by atoms with Crippen molar-refractivity contribution < 1.29 is 35.4 Å². The van der Waals surface area contributed by atoms with Crippen LogP contribution in [0.3, 0.4) is 0 Å². The molecule has 4 aromatic carbocycles. The molecule has 0 radical (unpaired) electrons. The Labute approximate surface area is 322 Å². The molecule has 49 heavy (non-hydrogen) atoms. The first-order valence-corrected chi connectivity index (χ1v) is 19.5. The van der Waals surface area contributed by atoms with E-state index in [1.807, 2.05) is 24.3 Å². The number of hydrogen-bond acceptors (Lipinski definition) is 8. The van der Waals surface area contributed by atoms with Crippen LogP contribution in [0.1, 0.15) is 89.2 Å². The monoisotopic (exact) mass is 734 g/mol. The topological polar surface area (TPSA) is 133 Å². The molecule has 0 fully saturated rings. The molecule has 260 valence electrons. The summed E-state index contributed by atoms with van der Waals surface area (Å²) in [6.45, 7) is 4.32. The van der Waals surface area contributed by atoms with Crippen LogP contribution in [0.5, 0.6) is 23.0 Å². The van der Waals surface area contributed by atoms with Crippen molar-refractivity contribution in [3.8, 4) is 23.0 Å². The minimum Gasteiger partial charge on any atom is -0.744 e. The Hall–Kier alpha value is -2.44. The van der Waals surface area contributed by atoms with Gasteiger partial charge in [-0.1, -0.05) is 126 Å². The maximum absolute atomic E-state index is 11.6. The molecule has 0 saturated carbocycles. The fraction of sp³-hybridized carbons (Fsp3) is 0.368. The fourth-order valence-electron chi connectivity index (χ4n) is 5.19. The van der Waals surface area contributed by atoms with Gasteiger partial charge in [0.15, 0.2) is 0 Å². The Balaban J connectivity index is 0.000000333. The maximum atomic E-state index is 11.6. The number of hydrogen-bond donors (Lipinski definition) is 0. The van der Waals surface area contributed by atoms with Crippen LogP contribution in [0.15, 0.2) is 107 Å². The van der Waals surface area contributed by atoms with Gasteiger partial charge < -0.3 is 18.6 Å². The normalized spacial score (nSPS) is 11.2. The van der Waals surface area contributed by atoms with Crippen molar-refractivity contribution in [2.45, 2.75) is 101 Å². The van der Waals surface area contributed by atoms with Crippen LogP contribution in [-0.2, 0) is 33.1 Å². The molecule has 0 spiro atoms. The van der Waals surface area contributed by atoms with Gasteiger partial charge in [0, 0.05) is 0 Å². The quantitative estimate of drug-likeness (QED) is 0.0561. The van der Waals surface area contributed by atoms with Crippen molar-refractivity contribution in [2.75, 3.05) is 0 Å². The summed E-state index contributed by atoms with van der Waals surface area (Å²) < 4.78 is 81.0. The third-order valence-electron chi connectivity index (χ3n) is 7.69. The summed E-state index contributed by atoms with van der Waals surface area (Å²) in [6, 6.07) is 27.3. The standard InChI is InChI=1S/2C19H24O4S.Ca/c2*1-2-3-4-5-7-11-16-12-10-15-18(24(20,21)22)19(16)23-17-13-8-6-9-14-17;/h2*6,8-10,12-15H,2-5,7,11H2,1H3,(H,20,21,22);/q;;+2/p-2. The molecule has 8 nitrogen and oxygen atoms in total. The van der Waals surface area contributed by atoms with Gasteiger partial charge in [0.1, 0.15) is 43.2 Å². The Kier molecular flexibility index (Phi) is 19.5. The van der Waals surface area contributed by atoms with Gasteiger partial charge in [-0.25, -0.2) is 16.8 Å². The molecule has 0 saturated heterocycles. The third kappa shape index (κ3) is 15.1. The maximum Gasteiger partial charge on any atom is 2.00 e. The Morgan fingerprint density at radius 3 is 1.14 bits per heavy atom.